The molecule has 3 aromatic rings. The van der Waals surface area contributed by atoms with Crippen LogP contribution in [-0.4, -0.2) is 23.4 Å². The van der Waals surface area contributed by atoms with Crippen LogP contribution in [0.2, 0.25) is 0 Å². The van der Waals surface area contributed by atoms with Gasteiger partial charge in [-0.05, 0) is 43.2 Å². The van der Waals surface area contributed by atoms with E-state index < -0.39 is 0 Å². The number of aryl methyl sites for hydroxylation is 1. The second kappa shape index (κ2) is 7.25. The van der Waals surface area contributed by atoms with Crippen molar-refractivity contribution < 1.29 is 13.9 Å². The summed E-state index contributed by atoms with van der Waals surface area (Å²) in [7, 11) is 0. The number of ether oxygens (including phenoxy) is 2. The zero-order valence-corrected chi connectivity index (χ0v) is 15.0. The number of nitrogens with one attached hydrogen (secondary N) is 2. The van der Waals surface area contributed by atoms with Crippen molar-refractivity contribution in [3.8, 4) is 23.0 Å². The summed E-state index contributed by atoms with van der Waals surface area (Å²) in [6, 6.07) is 10.3. The molecule has 26 heavy (non-hydrogen) atoms. The van der Waals surface area contributed by atoms with Crippen LogP contribution in [-0.2, 0) is 6.54 Å². The maximum absolute atomic E-state index is 5.72. The van der Waals surface area contributed by atoms with E-state index in [2.05, 4.69) is 34.6 Å². The molecular formula is C20H23N3O3. The fourth-order valence-electron chi connectivity index (χ4n) is 3.24. The molecule has 0 aliphatic carbocycles. The average Bonchev–Trinajstić information content (AvgIpc) is 3.30. The summed E-state index contributed by atoms with van der Waals surface area (Å²) in [4.78, 5) is 0. The van der Waals surface area contributed by atoms with E-state index in [1.807, 2.05) is 31.3 Å². The van der Waals surface area contributed by atoms with Gasteiger partial charge in [0, 0.05) is 18.2 Å². The topological polar surface area (TPSA) is 72.3 Å². The van der Waals surface area contributed by atoms with Crippen molar-refractivity contribution in [2.45, 2.75) is 32.9 Å². The minimum atomic E-state index is 0.215. The SMILES string of the molecule is CCC(NCc1cn[nH]c1-c1ccc(C)o1)c1ccc2c(c1)OCCO2. The molecule has 1 aromatic carbocycles. The zero-order valence-electron chi connectivity index (χ0n) is 15.0. The third kappa shape index (κ3) is 3.32. The predicted octanol–water partition coefficient (Wildman–Crippen LogP) is 3.99. The van der Waals surface area contributed by atoms with Gasteiger partial charge in [-0.1, -0.05) is 13.0 Å². The van der Waals surface area contributed by atoms with Gasteiger partial charge >= 0.3 is 0 Å². The van der Waals surface area contributed by atoms with Gasteiger partial charge in [-0.15, -0.1) is 0 Å². The molecule has 1 aliphatic rings. The number of rotatable bonds is 6. The molecule has 3 heterocycles. The highest BCUT2D eigenvalue weighted by molar-refractivity contribution is 5.56. The van der Waals surface area contributed by atoms with Gasteiger partial charge < -0.3 is 19.2 Å². The number of fused-ring (bicyclic) bond motifs is 1. The lowest BCUT2D eigenvalue weighted by atomic mass is 10.0. The maximum atomic E-state index is 5.72. The van der Waals surface area contributed by atoms with Gasteiger partial charge in [-0.2, -0.15) is 5.10 Å². The van der Waals surface area contributed by atoms with Gasteiger partial charge in [-0.25, -0.2) is 0 Å². The fraction of sp³-hybridized carbons (Fsp3) is 0.350. The normalized spacial score (nSPS) is 14.4. The number of nitrogens with zero attached hydrogens (tertiary/aromatic N) is 1. The summed E-state index contributed by atoms with van der Waals surface area (Å²) in [5, 5.41) is 10.8. The third-order valence-electron chi connectivity index (χ3n) is 4.62. The Hall–Kier alpha value is -2.73. The molecule has 1 aliphatic heterocycles. The Morgan fingerprint density at radius 3 is 2.77 bits per heavy atom. The quantitative estimate of drug-likeness (QED) is 0.701. The van der Waals surface area contributed by atoms with Crippen molar-refractivity contribution in [2.75, 3.05) is 13.2 Å². The van der Waals surface area contributed by atoms with E-state index in [4.69, 9.17) is 13.9 Å². The highest BCUT2D eigenvalue weighted by atomic mass is 16.6. The molecule has 0 spiro atoms. The third-order valence-corrected chi connectivity index (χ3v) is 4.62. The van der Waals surface area contributed by atoms with Crippen LogP contribution in [0.15, 0.2) is 40.9 Å². The van der Waals surface area contributed by atoms with Crippen molar-refractivity contribution in [1.82, 2.24) is 15.5 Å². The molecule has 4 rings (SSSR count). The van der Waals surface area contributed by atoms with Crippen molar-refractivity contribution in [3.63, 3.8) is 0 Å². The van der Waals surface area contributed by atoms with E-state index in [-0.39, 0.29) is 6.04 Å². The molecule has 1 unspecified atom stereocenters. The van der Waals surface area contributed by atoms with Crippen molar-refractivity contribution >= 4 is 0 Å². The van der Waals surface area contributed by atoms with Crippen LogP contribution in [0.5, 0.6) is 11.5 Å². The van der Waals surface area contributed by atoms with E-state index >= 15 is 0 Å². The summed E-state index contributed by atoms with van der Waals surface area (Å²) in [6.07, 6.45) is 2.81. The van der Waals surface area contributed by atoms with Gasteiger partial charge in [0.2, 0.25) is 0 Å². The van der Waals surface area contributed by atoms with Crippen molar-refractivity contribution in [1.29, 1.82) is 0 Å². The van der Waals surface area contributed by atoms with E-state index in [9.17, 15) is 0 Å². The first-order valence-electron chi connectivity index (χ1n) is 8.96. The number of furan rings is 1. The second-order valence-electron chi connectivity index (χ2n) is 6.43. The Balaban J connectivity index is 1.49. The summed E-state index contributed by atoms with van der Waals surface area (Å²) in [5.74, 6) is 3.34. The second-order valence-corrected chi connectivity index (χ2v) is 6.43. The minimum absolute atomic E-state index is 0.215. The molecule has 1 atom stereocenters. The van der Waals surface area contributed by atoms with Gasteiger partial charge in [0.25, 0.3) is 0 Å². The molecule has 6 heteroatoms. The first-order valence-corrected chi connectivity index (χ1v) is 8.96. The van der Waals surface area contributed by atoms with E-state index in [1.54, 1.807) is 0 Å². The van der Waals surface area contributed by atoms with Crippen molar-refractivity contribution in [3.05, 3.63) is 53.4 Å². The van der Waals surface area contributed by atoms with Crippen LogP contribution in [0.1, 0.15) is 36.3 Å². The number of hydrogen-bond acceptors (Lipinski definition) is 5. The van der Waals surface area contributed by atoms with E-state index in [0.717, 1.165) is 40.7 Å². The Morgan fingerprint density at radius 2 is 2.00 bits per heavy atom. The highest BCUT2D eigenvalue weighted by Gasteiger charge is 2.17. The molecule has 2 aromatic heterocycles. The maximum Gasteiger partial charge on any atom is 0.161 e. The lowest BCUT2D eigenvalue weighted by Gasteiger charge is -2.22. The molecule has 0 saturated heterocycles. The number of aromatic nitrogens is 2. The molecule has 2 N–H and O–H groups in total. The van der Waals surface area contributed by atoms with Gasteiger partial charge in [0.1, 0.15) is 24.7 Å². The van der Waals surface area contributed by atoms with Gasteiger partial charge in [0.05, 0.1) is 6.20 Å². The first kappa shape index (κ1) is 16.7. The summed E-state index contributed by atoms with van der Waals surface area (Å²) in [5.41, 5.74) is 3.19. The van der Waals surface area contributed by atoms with Crippen LogP contribution < -0.4 is 14.8 Å². The number of H-pyrrole nitrogens is 1. The molecular weight excluding hydrogens is 330 g/mol. The van der Waals surface area contributed by atoms with Gasteiger partial charge in [0.15, 0.2) is 17.3 Å². The fourth-order valence-corrected chi connectivity index (χ4v) is 3.24. The average molecular weight is 353 g/mol. The molecule has 0 saturated carbocycles. The number of aromatic amines is 1. The van der Waals surface area contributed by atoms with Crippen molar-refractivity contribution in [2.24, 2.45) is 0 Å². The number of benzene rings is 1. The molecule has 6 nitrogen and oxygen atoms in total. The minimum Gasteiger partial charge on any atom is -0.486 e. The molecule has 0 radical (unpaired) electrons. The smallest absolute Gasteiger partial charge is 0.161 e. The van der Waals surface area contributed by atoms with Crippen LogP contribution >= 0.6 is 0 Å². The van der Waals surface area contributed by atoms with E-state index in [0.29, 0.717) is 19.8 Å². The standard InChI is InChI=1S/C20H23N3O3/c1-3-16(14-5-7-17-19(10-14)25-9-8-24-17)21-11-15-12-22-23-20(15)18-6-4-13(2)26-18/h4-7,10,12,16,21H,3,8-9,11H2,1-2H3,(H,22,23). The lowest BCUT2D eigenvalue weighted by molar-refractivity contribution is 0.171. The first-order chi connectivity index (χ1) is 12.7. The lowest BCUT2D eigenvalue weighted by Crippen LogP contribution is -2.21. The predicted molar refractivity (Wildman–Crippen MR) is 98.3 cm³/mol. The molecule has 136 valence electrons. The van der Waals surface area contributed by atoms with Crippen LogP contribution in [0, 0.1) is 6.92 Å². The van der Waals surface area contributed by atoms with Crippen LogP contribution in [0.25, 0.3) is 11.5 Å². The Bertz CT molecular complexity index is 884. The zero-order chi connectivity index (χ0) is 17.9. The monoisotopic (exact) mass is 353 g/mol. The Kier molecular flexibility index (Phi) is 4.67. The van der Waals surface area contributed by atoms with E-state index in [1.165, 1.54) is 5.56 Å². The van der Waals surface area contributed by atoms with Gasteiger partial charge in [-0.3, -0.25) is 5.10 Å². The van der Waals surface area contributed by atoms with Crippen LogP contribution in [0.3, 0.4) is 0 Å². The summed E-state index contributed by atoms with van der Waals surface area (Å²) < 4.78 is 17.0. The molecule has 0 amide bonds. The summed E-state index contributed by atoms with van der Waals surface area (Å²) >= 11 is 0. The Labute approximate surface area is 152 Å². The molecule has 0 fully saturated rings. The molecule has 0 bridgehead atoms. The van der Waals surface area contributed by atoms with Crippen LogP contribution in [0.4, 0.5) is 0 Å². The number of hydrogen-bond donors (Lipinski definition) is 2. The highest BCUT2D eigenvalue weighted by Crippen LogP contribution is 2.33. The summed E-state index contributed by atoms with van der Waals surface area (Å²) in [6.45, 7) is 6.00. The largest absolute Gasteiger partial charge is 0.486 e. The Morgan fingerprint density at radius 1 is 1.15 bits per heavy atom.